The van der Waals surface area contributed by atoms with Crippen LogP contribution in [-0.4, -0.2) is 21.1 Å². The molecule has 1 N–H and O–H groups in total. The van der Waals surface area contributed by atoms with E-state index >= 15 is 0 Å². The highest BCUT2D eigenvalue weighted by Gasteiger charge is 2.10. The minimum absolute atomic E-state index is 0.0630. The molecule has 2 aromatic rings. The summed E-state index contributed by atoms with van der Waals surface area (Å²) in [6.07, 6.45) is 4.12. The van der Waals surface area contributed by atoms with Crippen molar-refractivity contribution in [3.8, 4) is 0 Å². The number of nitrogens with zero attached hydrogens (tertiary/aromatic N) is 3. The molecule has 5 nitrogen and oxygen atoms in total. The van der Waals surface area contributed by atoms with E-state index in [-0.39, 0.29) is 6.04 Å². The molecule has 0 saturated carbocycles. The first-order chi connectivity index (χ1) is 8.29. The third kappa shape index (κ3) is 3.17. The molecule has 90 valence electrons. The van der Waals surface area contributed by atoms with E-state index in [2.05, 4.69) is 20.5 Å². The first kappa shape index (κ1) is 11.9. The molecule has 17 heavy (non-hydrogen) atoms. The lowest BCUT2D eigenvalue weighted by Crippen LogP contribution is -2.06. The fourth-order valence-corrected chi connectivity index (χ4v) is 1.56. The smallest absolute Gasteiger partial charge is 0.315 e. The van der Waals surface area contributed by atoms with Gasteiger partial charge in [0, 0.05) is 24.7 Å². The monoisotopic (exact) mass is 252 g/mol. The number of hydrogen-bond acceptors (Lipinski definition) is 5. The number of halogens is 1. The second-order valence-corrected chi connectivity index (χ2v) is 3.97. The van der Waals surface area contributed by atoms with Gasteiger partial charge >= 0.3 is 6.01 Å². The number of aromatic nitrogens is 3. The van der Waals surface area contributed by atoms with Crippen LogP contribution in [0.2, 0.25) is 0 Å². The lowest BCUT2D eigenvalue weighted by molar-refractivity contribution is 0.508. The van der Waals surface area contributed by atoms with Crippen molar-refractivity contribution in [1.82, 2.24) is 15.2 Å². The van der Waals surface area contributed by atoms with E-state index in [1.54, 1.807) is 12.4 Å². The minimum Gasteiger partial charge on any atom is -0.408 e. The summed E-state index contributed by atoms with van der Waals surface area (Å²) in [5.41, 5.74) is 1.06. The highest BCUT2D eigenvalue weighted by Crippen LogP contribution is 2.17. The molecule has 6 heteroatoms. The number of anilines is 1. The summed E-state index contributed by atoms with van der Waals surface area (Å²) in [7, 11) is 0. The van der Waals surface area contributed by atoms with Gasteiger partial charge < -0.3 is 9.73 Å². The Morgan fingerprint density at radius 3 is 3.06 bits per heavy atom. The van der Waals surface area contributed by atoms with Gasteiger partial charge in [-0.1, -0.05) is 11.2 Å². The molecule has 0 bridgehead atoms. The van der Waals surface area contributed by atoms with Crippen molar-refractivity contribution in [3.05, 3.63) is 36.0 Å². The van der Waals surface area contributed by atoms with Gasteiger partial charge in [0.1, 0.15) is 0 Å². The summed E-state index contributed by atoms with van der Waals surface area (Å²) in [4.78, 5) is 4.06. The third-order valence-electron chi connectivity index (χ3n) is 2.30. The van der Waals surface area contributed by atoms with Crippen LogP contribution in [0.25, 0.3) is 0 Å². The molecule has 0 aromatic carbocycles. The van der Waals surface area contributed by atoms with Crippen LogP contribution in [0.5, 0.6) is 0 Å². The van der Waals surface area contributed by atoms with Gasteiger partial charge in [0.05, 0.1) is 6.04 Å². The maximum absolute atomic E-state index is 5.59. The SMILES string of the molecule is CC(Nc1nnc(CCCl)o1)c1cccnc1. The predicted molar refractivity (Wildman–Crippen MR) is 65.0 cm³/mol. The number of nitrogens with one attached hydrogen (secondary N) is 1. The van der Waals surface area contributed by atoms with Crippen molar-refractivity contribution in [1.29, 1.82) is 0 Å². The molecule has 0 amide bonds. The first-order valence-electron chi connectivity index (χ1n) is 5.34. The van der Waals surface area contributed by atoms with E-state index in [1.165, 1.54) is 0 Å². The number of alkyl halides is 1. The van der Waals surface area contributed by atoms with E-state index in [1.807, 2.05) is 19.1 Å². The highest BCUT2D eigenvalue weighted by atomic mass is 35.5. The Bertz CT molecular complexity index is 460. The molecule has 0 saturated heterocycles. The van der Waals surface area contributed by atoms with Gasteiger partial charge in [-0.05, 0) is 18.6 Å². The lowest BCUT2D eigenvalue weighted by atomic mass is 10.1. The number of aryl methyl sites for hydroxylation is 1. The Kier molecular flexibility index (Phi) is 3.93. The molecule has 0 fully saturated rings. The van der Waals surface area contributed by atoms with Gasteiger partial charge in [0.25, 0.3) is 0 Å². The normalized spacial score (nSPS) is 12.4. The molecule has 2 rings (SSSR count). The Morgan fingerprint density at radius 1 is 1.47 bits per heavy atom. The number of hydrogen-bond donors (Lipinski definition) is 1. The quantitative estimate of drug-likeness (QED) is 0.828. The predicted octanol–water partition coefficient (Wildman–Crippen LogP) is 2.42. The standard InChI is InChI=1S/C11H13ClN4O/c1-8(9-3-2-6-13-7-9)14-11-16-15-10(17-11)4-5-12/h2-3,6-8H,4-5H2,1H3,(H,14,16). The minimum atomic E-state index is 0.0630. The van der Waals surface area contributed by atoms with Crippen molar-refractivity contribution < 1.29 is 4.42 Å². The van der Waals surface area contributed by atoms with E-state index in [0.717, 1.165) is 5.56 Å². The maximum Gasteiger partial charge on any atom is 0.315 e. The van der Waals surface area contributed by atoms with Crippen LogP contribution in [0.4, 0.5) is 6.01 Å². The Hall–Kier alpha value is -1.62. The van der Waals surface area contributed by atoms with Crippen molar-refractivity contribution in [3.63, 3.8) is 0 Å². The summed E-state index contributed by atoms with van der Waals surface area (Å²) in [6, 6.07) is 4.34. The summed E-state index contributed by atoms with van der Waals surface area (Å²) in [5, 5.41) is 10.9. The van der Waals surface area contributed by atoms with Crippen LogP contribution in [-0.2, 0) is 6.42 Å². The third-order valence-corrected chi connectivity index (χ3v) is 2.49. The molecule has 0 aliphatic carbocycles. The van der Waals surface area contributed by atoms with Gasteiger partial charge in [0.15, 0.2) is 0 Å². The first-order valence-corrected chi connectivity index (χ1v) is 5.88. The number of rotatable bonds is 5. The lowest BCUT2D eigenvalue weighted by Gasteiger charge is -2.10. The molecular weight excluding hydrogens is 240 g/mol. The molecule has 0 spiro atoms. The molecule has 0 aliphatic rings. The molecular formula is C11H13ClN4O. The van der Waals surface area contributed by atoms with Gasteiger partial charge in [-0.2, -0.15) is 0 Å². The van der Waals surface area contributed by atoms with E-state index in [0.29, 0.717) is 24.2 Å². The van der Waals surface area contributed by atoms with Crippen LogP contribution in [0.1, 0.15) is 24.4 Å². The fraction of sp³-hybridized carbons (Fsp3) is 0.364. The fourth-order valence-electron chi connectivity index (χ4n) is 1.39. The second-order valence-electron chi connectivity index (χ2n) is 3.59. The van der Waals surface area contributed by atoms with Crippen LogP contribution in [0, 0.1) is 0 Å². The van der Waals surface area contributed by atoms with Gasteiger partial charge in [-0.25, -0.2) is 0 Å². The van der Waals surface area contributed by atoms with Gasteiger partial charge in [-0.3, -0.25) is 4.98 Å². The van der Waals surface area contributed by atoms with Crippen molar-refractivity contribution in [2.75, 3.05) is 11.2 Å². The Balaban J connectivity index is 2.00. The van der Waals surface area contributed by atoms with Crippen molar-refractivity contribution >= 4 is 17.6 Å². The van der Waals surface area contributed by atoms with Gasteiger partial charge in [-0.15, -0.1) is 16.7 Å². The van der Waals surface area contributed by atoms with Crippen molar-refractivity contribution in [2.45, 2.75) is 19.4 Å². The zero-order valence-corrected chi connectivity index (χ0v) is 10.2. The average Bonchev–Trinajstić information content (AvgIpc) is 2.78. The molecule has 2 heterocycles. The average molecular weight is 253 g/mol. The summed E-state index contributed by atoms with van der Waals surface area (Å²) < 4.78 is 5.38. The summed E-state index contributed by atoms with van der Waals surface area (Å²) in [6.45, 7) is 2.00. The highest BCUT2D eigenvalue weighted by molar-refractivity contribution is 6.17. The summed E-state index contributed by atoms with van der Waals surface area (Å²) >= 11 is 5.59. The zero-order valence-electron chi connectivity index (χ0n) is 9.43. The van der Waals surface area contributed by atoms with E-state index in [4.69, 9.17) is 16.0 Å². The molecule has 2 aromatic heterocycles. The topological polar surface area (TPSA) is 63.8 Å². The van der Waals surface area contributed by atoms with E-state index < -0.39 is 0 Å². The molecule has 0 radical (unpaired) electrons. The van der Waals surface area contributed by atoms with Crippen LogP contribution in [0.3, 0.4) is 0 Å². The maximum atomic E-state index is 5.59. The Labute approximate surface area is 104 Å². The zero-order chi connectivity index (χ0) is 12.1. The molecule has 1 unspecified atom stereocenters. The van der Waals surface area contributed by atoms with Crippen LogP contribution in [0.15, 0.2) is 28.9 Å². The number of pyridine rings is 1. The molecule has 1 atom stereocenters. The van der Waals surface area contributed by atoms with E-state index in [9.17, 15) is 0 Å². The second kappa shape index (κ2) is 5.63. The van der Waals surface area contributed by atoms with Crippen molar-refractivity contribution in [2.24, 2.45) is 0 Å². The Morgan fingerprint density at radius 2 is 2.35 bits per heavy atom. The largest absolute Gasteiger partial charge is 0.408 e. The van der Waals surface area contributed by atoms with Gasteiger partial charge in [0.2, 0.25) is 5.89 Å². The van der Waals surface area contributed by atoms with Crippen LogP contribution < -0.4 is 5.32 Å². The summed E-state index contributed by atoms with van der Waals surface area (Å²) in [5.74, 6) is 1.01. The molecule has 0 aliphatic heterocycles. The van der Waals surface area contributed by atoms with Crippen LogP contribution >= 0.6 is 11.6 Å².